The van der Waals surface area contributed by atoms with Gasteiger partial charge in [-0.1, -0.05) is 0 Å². The average Bonchev–Trinajstić information content (AvgIpc) is 2.77. The Labute approximate surface area is 82.9 Å². The van der Waals surface area contributed by atoms with Gasteiger partial charge in [-0.3, -0.25) is 10.1 Å². The molecule has 1 amide bonds. The second-order valence-corrected chi connectivity index (χ2v) is 3.56. The predicted octanol–water partition coefficient (Wildman–Crippen LogP) is 0.600. The molecule has 1 aromatic heterocycles. The Hall–Kier alpha value is -1.29. The van der Waals surface area contributed by atoms with Crippen LogP contribution in [0.2, 0.25) is 0 Å². The van der Waals surface area contributed by atoms with Crippen molar-refractivity contribution >= 4 is 5.91 Å². The monoisotopic (exact) mass is 194 g/mol. The van der Waals surface area contributed by atoms with E-state index in [-0.39, 0.29) is 11.9 Å². The van der Waals surface area contributed by atoms with Crippen LogP contribution in [0.5, 0.6) is 0 Å². The van der Waals surface area contributed by atoms with E-state index in [1.165, 1.54) is 0 Å². The summed E-state index contributed by atoms with van der Waals surface area (Å²) in [5.74, 6) is 1.05. The number of rotatable bonds is 3. The number of nitrogens with zero attached hydrogens (tertiary/aromatic N) is 1. The van der Waals surface area contributed by atoms with E-state index in [1.54, 1.807) is 11.2 Å². The van der Waals surface area contributed by atoms with Gasteiger partial charge in [0.25, 0.3) is 0 Å². The molecular weight excluding hydrogens is 180 g/mol. The molecule has 0 radical (unpaired) electrons. The van der Waals surface area contributed by atoms with Crippen molar-refractivity contribution in [3.63, 3.8) is 0 Å². The van der Waals surface area contributed by atoms with Gasteiger partial charge in [0.2, 0.25) is 5.91 Å². The lowest BCUT2D eigenvalue weighted by atomic mass is 10.2. The number of hydrogen-bond acceptors (Lipinski definition) is 3. The molecule has 2 rings (SSSR count). The third-order valence-electron chi connectivity index (χ3n) is 2.53. The highest BCUT2D eigenvalue weighted by Crippen LogP contribution is 2.09. The molecule has 1 unspecified atom stereocenters. The highest BCUT2D eigenvalue weighted by atomic mass is 16.3. The summed E-state index contributed by atoms with van der Waals surface area (Å²) in [6, 6.07) is 3.71. The molecule has 1 aromatic rings. The molecule has 1 fully saturated rings. The minimum atomic E-state index is -0.0369. The van der Waals surface area contributed by atoms with Crippen molar-refractivity contribution in [1.29, 1.82) is 0 Å². The molecule has 0 saturated carbocycles. The van der Waals surface area contributed by atoms with E-state index in [0.717, 1.165) is 18.7 Å². The second kappa shape index (κ2) is 3.84. The van der Waals surface area contributed by atoms with E-state index in [0.29, 0.717) is 6.54 Å². The first-order valence-corrected chi connectivity index (χ1v) is 4.78. The van der Waals surface area contributed by atoms with Gasteiger partial charge < -0.3 is 9.32 Å². The fraction of sp³-hybridized carbons (Fsp3) is 0.500. The van der Waals surface area contributed by atoms with E-state index in [1.807, 2.05) is 19.2 Å². The number of likely N-dealkylation sites (tertiary alicyclic amines) is 1. The zero-order valence-corrected chi connectivity index (χ0v) is 8.19. The minimum Gasteiger partial charge on any atom is -0.468 e. The fourth-order valence-corrected chi connectivity index (χ4v) is 1.65. The summed E-state index contributed by atoms with van der Waals surface area (Å²) in [6.45, 7) is 1.46. The average molecular weight is 194 g/mol. The number of hydrogen-bond donors (Lipinski definition) is 1. The summed E-state index contributed by atoms with van der Waals surface area (Å²) < 4.78 is 5.17. The Bertz CT molecular complexity index is 308. The molecule has 1 N–H and O–H groups in total. The van der Waals surface area contributed by atoms with Gasteiger partial charge in [0.15, 0.2) is 0 Å². The van der Waals surface area contributed by atoms with E-state index < -0.39 is 0 Å². The number of amides is 1. The number of nitrogens with one attached hydrogen (secondary N) is 1. The van der Waals surface area contributed by atoms with Crippen LogP contribution in [0.1, 0.15) is 12.2 Å². The topological polar surface area (TPSA) is 45.5 Å². The van der Waals surface area contributed by atoms with Crippen molar-refractivity contribution in [2.45, 2.75) is 19.0 Å². The van der Waals surface area contributed by atoms with Gasteiger partial charge in [-0.25, -0.2) is 0 Å². The van der Waals surface area contributed by atoms with Crippen molar-refractivity contribution in [2.75, 3.05) is 13.6 Å². The molecule has 0 aliphatic carbocycles. The number of carbonyl (C=O) groups excluding carboxylic acids is 1. The van der Waals surface area contributed by atoms with Crippen molar-refractivity contribution in [2.24, 2.45) is 0 Å². The van der Waals surface area contributed by atoms with Crippen LogP contribution in [0.25, 0.3) is 0 Å². The molecule has 4 heteroatoms. The number of likely N-dealkylation sites (N-methyl/N-ethyl adjacent to an activating group) is 1. The Balaban J connectivity index is 1.84. The second-order valence-electron chi connectivity index (χ2n) is 3.56. The molecule has 0 spiro atoms. The third kappa shape index (κ3) is 1.80. The van der Waals surface area contributed by atoms with Crippen LogP contribution in [0.15, 0.2) is 22.8 Å². The van der Waals surface area contributed by atoms with Crippen LogP contribution < -0.4 is 5.32 Å². The largest absolute Gasteiger partial charge is 0.468 e. The maximum Gasteiger partial charge on any atom is 0.239 e. The summed E-state index contributed by atoms with van der Waals surface area (Å²) in [6.07, 6.45) is 2.52. The first-order chi connectivity index (χ1) is 6.77. The Kier molecular flexibility index (Phi) is 2.54. The molecule has 14 heavy (non-hydrogen) atoms. The lowest BCUT2D eigenvalue weighted by Crippen LogP contribution is -2.36. The third-order valence-corrected chi connectivity index (χ3v) is 2.53. The lowest BCUT2D eigenvalue weighted by Gasteiger charge is -2.10. The van der Waals surface area contributed by atoms with Gasteiger partial charge >= 0.3 is 0 Å². The van der Waals surface area contributed by atoms with E-state index in [9.17, 15) is 4.79 Å². The summed E-state index contributed by atoms with van der Waals surface area (Å²) in [5.41, 5.74) is 0. The normalized spacial score (nSPS) is 21.9. The van der Waals surface area contributed by atoms with Gasteiger partial charge in [0.05, 0.1) is 18.8 Å². The zero-order valence-electron chi connectivity index (χ0n) is 8.19. The van der Waals surface area contributed by atoms with E-state index >= 15 is 0 Å². The summed E-state index contributed by atoms with van der Waals surface area (Å²) in [5, 5.41) is 3.18. The van der Waals surface area contributed by atoms with Crippen LogP contribution in [0.4, 0.5) is 0 Å². The smallest absolute Gasteiger partial charge is 0.239 e. The molecule has 76 valence electrons. The molecule has 0 aromatic carbocycles. The first-order valence-electron chi connectivity index (χ1n) is 4.78. The Morgan fingerprint density at radius 3 is 3.14 bits per heavy atom. The van der Waals surface area contributed by atoms with Gasteiger partial charge in [0.1, 0.15) is 5.76 Å². The van der Waals surface area contributed by atoms with Crippen molar-refractivity contribution < 1.29 is 9.21 Å². The standard InChI is InChI=1S/C10H14N2O2/c1-12-5-4-9(10(12)13)11-7-8-3-2-6-14-8/h2-3,6,9,11H,4-5,7H2,1H3. The molecule has 0 bridgehead atoms. The van der Waals surface area contributed by atoms with E-state index in [4.69, 9.17) is 4.42 Å². The van der Waals surface area contributed by atoms with Crippen LogP contribution in [0.3, 0.4) is 0 Å². The molecule has 1 saturated heterocycles. The molecule has 2 heterocycles. The number of carbonyl (C=O) groups is 1. The lowest BCUT2D eigenvalue weighted by molar-refractivity contribution is -0.128. The quantitative estimate of drug-likeness (QED) is 0.766. The van der Waals surface area contributed by atoms with Crippen LogP contribution in [-0.2, 0) is 11.3 Å². The summed E-state index contributed by atoms with van der Waals surface area (Å²) in [4.78, 5) is 13.2. The van der Waals surface area contributed by atoms with Crippen LogP contribution >= 0.6 is 0 Å². The predicted molar refractivity (Wildman–Crippen MR) is 51.6 cm³/mol. The Morgan fingerprint density at radius 1 is 1.71 bits per heavy atom. The zero-order chi connectivity index (χ0) is 9.97. The molecule has 1 aliphatic heterocycles. The highest BCUT2D eigenvalue weighted by molar-refractivity contribution is 5.83. The maximum atomic E-state index is 11.5. The maximum absolute atomic E-state index is 11.5. The summed E-state index contributed by atoms with van der Waals surface area (Å²) in [7, 11) is 1.83. The first kappa shape index (κ1) is 9.27. The summed E-state index contributed by atoms with van der Waals surface area (Å²) >= 11 is 0. The van der Waals surface area contributed by atoms with Gasteiger partial charge in [-0.15, -0.1) is 0 Å². The molecule has 1 aliphatic rings. The van der Waals surface area contributed by atoms with Crippen molar-refractivity contribution in [3.8, 4) is 0 Å². The molecule has 4 nitrogen and oxygen atoms in total. The van der Waals surface area contributed by atoms with Gasteiger partial charge in [0, 0.05) is 13.6 Å². The van der Waals surface area contributed by atoms with Crippen LogP contribution in [0, 0.1) is 0 Å². The molecule has 1 atom stereocenters. The highest BCUT2D eigenvalue weighted by Gasteiger charge is 2.28. The van der Waals surface area contributed by atoms with Crippen molar-refractivity contribution in [3.05, 3.63) is 24.2 Å². The van der Waals surface area contributed by atoms with Gasteiger partial charge in [-0.05, 0) is 18.6 Å². The Morgan fingerprint density at radius 2 is 2.57 bits per heavy atom. The van der Waals surface area contributed by atoms with Crippen LogP contribution in [-0.4, -0.2) is 30.4 Å². The SMILES string of the molecule is CN1CCC(NCc2ccco2)C1=O. The van der Waals surface area contributed by atoms with Gasteiger partial charge in [-0.2, -0.15) is 0 Å². The fourth-order valence-electron chi connectivity index (χ4n) is 1.65. The van der Waals surface area contributed by atoms with E-state index in [2.05, 4.69) is 5.32 Å². The molecular formula is C10H14N2O2. The minimum absolute atomic E-state index is 0.0369. The number of furan rings is 1. The van der Waals surface area contributed by atoms with Crippen molar-refractivity contribution in [1.82, 2.24) is 10.2 Å².